The Morgan fingerprint density at radius 2 is 1.97 bits per heavy atom. The number of thiophene rings is 1. The fourth-order valence-electron chi connectivity index (χ4n) is 3.69. The van der Waals surface area contributed by atoms with Gasteiger partial charge in [0, 0.05) is 25.0 Å². The molecule has 1 aliphatic heterocycles. The Morgan fingerprint density at radius 1 is 1.21 bits per heavy atom. The van der Waals surface area contributed by atoms with Gasteiger partial charge in [-0.2, -0.15) is 0 Å². The molecular weight excluding hydrogens is 406 g/mol. The number of rotatable bonds is 5. The molecule has 4 rings (SSSR count). The Kier molecular flexibility index (Phi) is 5.67. The minimum Gasteiger partial charge on any atom is -0.352 e. The number of amides is 1. The first kappa shape index (κ1) is 20.0. The summed E-state index contributed by atoms with van der Waals surface area (Å²) in [5.41, 5.74) is 2.21. The van der Waals surface area contributed by atoms with Crippen LogP contribution in [0.3, 0.4) is 0 Å². The second kappa shape index (κ2) is 8.22. The number of para-hydroxylation sites is 1. The predicted molar refractivity (Wildman–Crippen MR) is 117 cm³/mol. The molecule has 0 saturated carbocycles. The lowest BCUT2D eigenvalue weighted by Crippen LogP contribution is -2.41. The zero-order valence-corrected chi connectivity index (χ0v) is 17.8. The molecule has 0 unspecified atom stereocenters. The van der Waals surface area contributed by atoms with E-state index in [0.29, 0.717) is 25.2 Å². The summed E-state index contributed by atoms with van der Waals surface area (Å²) < 4.78 is 24.8. The highest BCUT2D eigenvalue weighted by Gasteiger charge is 2.25. The molecule has 3 heterocycles. The van der Waals surface area contributed by atoms with Gasteiger partial charge in [0.05, 0.1) is 27.9 Å². The van der Waals surface area contributed by atoms with Gasteiger partial charge in [0.1, 0.15) is 0 Å². The monoisotopic (exact) mass is 429 g/mol. The van der Waals surface area contributed by atoms with Crippen molar-refractivity contribution in [1.29, 1.82) is 0 Å². The first-order valence-corrected chi connectivity index (χ1v) is 12.3. The molecule has 6 nitrogen and oxygen atoms in total. The van der Waals surface area contributed by atoms with E-state index in [4.69, 9.17) is 4.98 Å². The van der Waals surface area contributed by atoms with Gasteiger partial charge >= 0.3 is 0 Å². The Balaban J connectivity index is 1.50. The molecular formula is C21H23N3O3S2. The second-order valence-corrected chi connectivity index (χ2v) is 10.3. The van der Waals surface area contributed by atoms with E-state index in [1.165, 1.54) is 10.6 Å². The van der Waals surface area contributed by atoms with Gasteiger partial charge in [-0.25, -0.2) is 17.7 Å². The number of carbonyl (C=O) groups excluding carboxylic acids is 1. The van der Waals surface area contributed by atoms with Crippen LogP contribution in [0.25, 0.3) is 21.5 Å². The largest absolute Gasteiger partial charge is 0.352 e. The molecule has 0 spiro atoms. The number of hydrogen-bond donors (Lipinski definition) is 1. The van der Waals surface area contributed by atoms with Crippen LogP contribution in [0.15, 0.2) is 47.8 Å². The number of sulfonamides is 1. The number of piperidine rings is 1. The molecule has 1 amide bonds. The summed E-state index contributed by atoms with van der Waals surface area (Å²) in [6.45, 7) is 1.57. The van der Waals surface area contributed by atoms with E-state index in [2.05, 4.69) is 5.32 Å². The van der Waals surface area contributed by atoms with E-state index in [9.17, 15) is 13.2 Å². The van der Waals surface area contributed by atoms with Crippen LogP contribution < -0.4 is 5.32 Å². The predicted octanol–water partition coefficient (Wildman–Crippen LogP) is 3.36. The molecule has 2 aromatic heterocycles. The maximum Gasteiger partial charge on any atom is 0.252 e. The summed E-state index contributed by atoms with van der Waals surface area (Å²) in [6.07, 6.45) is 2.75. The van der Waals surface area contributed by atoms with Crippen LogP contribution in [0.1, 0.15) is 23.2 Å². The lowest BCUT2D eigenvalue weighted by molar-refractivity contribution is 0.0943. The Labute approximate surface area is 174 Å². The maximum absolute atomic E-state index is 13.0. The van der Waals surface area contributed by atoms with Crippen LogP contribution >= 0.6 is 11.3 Å². The molecule has 1 fully saturated rings. The van der Waals surface area contributed by atoms with E-state index in [1.54, 1.807) is 11.3 Å². The molecule has 152 valence electrons. The Morgan fingerprint density at radius 3 is 2.66 bits per heavy atom. The van der Waals surface area contributed by atoms with Gasteiger partial charge in [0.25, 0.3) is 5.91 Å². The Hall–Kier alpha value is -2.29. The lowest BCUT2D eigenvalue weighted by Gasteiger charge is -2.30. The molecule has 0 bridgehead atoms. The summed E-state index contributed by atoms with van der Waals surface area (Å²) >= 11 is 1.60. The number of carbonyl (C=O) groups is 1. The smallest absolute Gasteiger partial charge is 0.252 e. The average molecular weight is 430 g/mol. The van der Waals surface area contributed by atoms with Crippen molar-refractivity contribution < 1.29 is 13.2 Å². The third-order valence-electron chi connectivity index (χ3n) is 5.33. The molecule has 1 aromatic carbocycles. The van der Waals surface area contributed by atoms with Gasteiger partial charge in [-0.1, -0.05) is 24.3 Å². The highest BCUT2D eigenvalue weighted by Crippen LogP contribution is 2.28. The normalized spacial score (nSPS) is 16.2. The topological polar surface area (TPSA) is 79.4 Å². The molecule has 8 heteroatoms. The third-order valence-corrected chi connectivity index (χ3v) is 7.52. The van der Waals surface area contributed by atoms with E-state index in [1.807, 2.05) is 47.8 Å². The molecule has 1 N–H and O–H groups in total. The highest BCUT2D eigenvalue weighted by molar-refractivity contribution is 7.88. The van der Waals surface area contributed by atoms with Crippen LogP contribution in [0.4, 0.5) is 0 Å². The molecule has 1 aliphatic rings. The highest BCUT2D eigenvalue weighted by atomic mass is 32.2. The number of fused-ring (bicyclic) bond motifs is 1. The van der Waals surface area contributed by atoms with Crippen molar-refractivity contribution in [2.24, 2.45) is 5.92 Å². The molecule has 3 aromatic rings. The zero-order valence-electron chi connectivity index (χ0n) is 16.2. The van der Waals surface area contributed by atoms with Crippen molar-refractivity contribution in [3.8, 4) is 10.6 Å². The summed E-state index contributed by atoms with van der Waals surface area (Å²) in [4.78, 5) is 18.7. The van der Waals surface area contributed by atoms with Gasteiger partial charge in [-0.3, -0.25) is 4.79 Å². The fraction of sp³-hybridized carbons (Fsp3) is 0.333. The van der Waals surface area contributed by atoms with Crippen LogP contribution in [0, 0.1) is 5.92 Å². The fourth-order valence-corrected chi connectivity index (χ4v) is 5.25. The van der Waals surface area contributed by atoms with Gasteiger partial charge < -0.3 is 5.32 Å². The molecule has 0 aliphatic carbocycles. The summed E-state index contributed by atoms with van der Waals surface area (Å²) in [5, 5.41) is 5.88. The van der Waals surface area contributed by atoms with Crippen molar-refractivity contribution in [3.63, 3.8) is 0 Å². The molecule has 29 heavy (non-hydrogen) atoms. The number of nitrogens with zero attached hydrogens (tertiary/aromatic N) is 2. The lowest BCUT2D eigenvalue weighted by atomic mass is 9.98. The van der Waals surface area contributed by atoms with Gasteiger partial charge in [-0.15, -0.1) is 11.3 Å². The van der Waals surface area contributed by atoms with Gasteiger partial charge in [-0.05, 0) is 42.3 Å². The zero-order chi connectivity index (χ0) is 20.4. The van der Waals surface area contributed by atoms with Crippen molar-refractivity contribution in [2.75, 3.05) is 25.9 Å². The quantitative estimate of drug-likeness (QED) is 0.674. The SMILES string of the molecule is CS(=O)(=O)N1CCC(CNC(=O)c2cc(-c3cccs3)nc3ccccc23)CC1. The van der Waals surface area contributed by atoms with Crippen LogP contribution in [0.5, 0.6) is 0 Å². The third kappa shape index (κ3) is 4.49. The van der Waals surface area contributed by atoms with Crippen molar-refractivity contribution >= 4 is 38.2 Å². The number of nitrogens with one attached hydrogen (secondary N) is 1. The van der Waals surface area contributed by atoms with Crippen molar-refractivity contribution in [1.82, 2.24) is 14.6 Å². The molecule has 1 saturated heterocycles. The van der Waals surface area contributed by atoms with E-state index >= 15 is 0 Å². The van der Waals surface area contributed by atoms with E-state index in [0.717, 1.165) is 34.3 Å². The number of pyridine rings is 1. The average Bonchev–Trinajstić information content (AvgIpc) is 3.26. The minimum atomic E-state index is -3.13. The number of hydrogen-bond acceptors (Lipinski definition) is 5. The summed E-state index contributed by atoms with van der Waals surface area (Å²) in [7, 11) is -3.13. The molecule has 0 radical (unpaired) electrons. The minimum absolute atomic E-state index is 0.119. The molecule has 0 atom stereocenters. The second-order valence-electron chi connectivity index (χ2n) is 7.36. The summed E-state index contributed by atoms with van der Waals surface area (Å²) in [6, 6.07) is 13.5. The van der Waals surface area contributed by atoms with E-state index < -0.39 is 10.0 Å². The standard InChI is InChI=1S/C21H23N3O3S2/c1-29(26,27)24-10-8-15(9-11-24)14-22-21(25)17-13-19(20-7-4-12-28-20)23-18-6-3-2-5-16(17)18/h2-7,12-13,15H,8-11,14H2,1H3,(H,22,25). The Bertz CT molecular complexity index is 1120. The maximum atomic E-state index is 13.0. The van der Waals surface area contributed by atoms with Crippen molar-refractivity contribution in [3.05, 3.63) is 53.4 Å². The number of aromatic nitrogens is 1. The van der Waals surface area contributed by atoms with Crippen LogP contribution in [-0.4, -0.2) is 49.5 Å². The number of benzene rings is 1. The van der Waals surface area contributed by atoms with Crippen LogP contribution in [0.2, 0.25) is 0 Å². The summed E-state index contributed by atoms with van der Waals surface area (Å²) in [5.74, 6) is 0.161. The van der Waals surface area contributed by atoms with Gasteiger partial charge in [0.15, 0.2) is 0 Å². The van der Waals surface area contributed by atoms with Crippen LogP contribution in [-0.2, 0) is 10.0 Å². The first-order valence-electron chi connectivity index (χ1n) is 9.59. The van der Waals surface area contributed by atoms with Crippen molar-refractivity contribution in [2.45, 2.75) is 12.8 Å². The first-order chi connectivity index (χ1) is 13.9. The van der Waals surface area contributed by atoms with Gasteiger partial charge in [0.2, 0.25) is 10.0 Å². The van der Waals surface area contributed by atoms with E-state index in [-0.39, 0.29) is 11.8 Å².